The molecule has 1 saturated heterocycles. The minimum atomic E-state index is -0.524. The minimum Gasteiger partial charge on any atom is -0.508 e. The number of hydrogen-bond acceptors (Lipinski definition) is 5. The number of hydrogen-bond donors (Lipinski definition) is 1. The Kier molecular flexibility index (Phi) is 5.48. The highest BCUT2D eigenvalue weighted by atomic mass is 16.6. The van der Waals surface area contributed by atoms with Crippen LogP contribution in [0.25, 0.3) is 0 Å². The number of ether oxygens (including phenoxy) is 1. The van der Waals surface area contributed by atoms with Gasteiger partial charge < -0.3 is 14.7 Å². The summed E-state index contributed by atoms with van der Waals surface area (Å²) in [5.74, 6) is -0.218. The van der Waals surface area contributed by atoms with Gasteiger partial charge in [0, 0.05) is 43.0 Å². The topological polar surface area (TPSA) is 92.9 Å². The highest BCUT2D eigenvalue weighted by Gasteiger charge is 2.25. The third-order valence-electron chi connectivity index (χ3n) is 4.39. The fourth-order valence-corrected chi connectivity index (χ4v) is 3.04. The molecule has 1 amide bonds. The normalized spacial score (nSPS) is 16.4. The number of amides is 1. The number of para-hydroxylation sites is 1. The van der Waals surface area contributed by atoms with Crippen LogP contribution in [0, 0.1) is 10.1 Å². The summed E-state index contributed by atoms with van der Waals surface area (Å²) in [4.78, 5) is 25.0. The number of non-ortho nitro benzene ring substituents is 1. The first-order valence-corrected chi connectivity index (χ1v) is 8.47. The smallest absolute Gasteiger partial charge is 0.270 e. The molecule has 3 rings (SSSR count). The van der Waals surface area contributed by atoms with E-state index in [-0.39, 0.29) is 35.6 Å². The SMILES string of the molecule is O=C(c1cccc([N+](=O)[O-])c1)N(Cc1ccccc1O)CC1CCCO1. The van der Waals surface area contributed by atoms with Crippen LogP contribution in [-0.4, -0.2) is 40.1 Å². The number of aromatic hydroxyl groups is 1. The average molecular weight is 356 g/mol. The molecule has 1 atom stereocenters. The number of phenols is 1. The number of nitro groups is 1. The summed E-state index contributed by atoms with van der Waals surface area (Å²) in [5, 5.41) is 21.0. The predicted molar refractivity (Wildman–Crippen MR) is 94.9 cm³/mol. The highest BCUT2D eigenvalue weighted by molar-refractivity contribution is 5.94. The minimum absolute atomic E-state index is 0.0662. The van der Waals surface area contributed by atoms with Crippen molar-refractivity contribution in [2.75, 3.05) is 13.2 Å². The Labute approximate surface area is 151 Å². The van der Waals surface area contributed by atoms with Gasteiger partial charge in [-0.3, -0.25) is 14.9 Å². The molecule has 7 nitrogen and oxygen atoms in total. The molecule has 0 radical (unpaired) electrons. The maximum absolute atomic E-state index is 13.0. The molecule has 7 heteroatoms. The van der Waals surface area contributed by atoms with Crippen molar-refractivity contribution in [1.29, 1.82) is 0 Å². The lowest BCUT2D eigenvalue weighted by molar-refractivity contribution is -0.384. The standard InChI is InChI=1S/C19H20N2O5/c22-18-9-2-1-5-15(18)12-20(13-17-8-4-10-26-17)19(23)14-6-3-7-16(11-14)21(24)25/h1-3,5-7,9,11,17,22H,4,8,10,12-13H2. The molecule has 0 saturated carbocycles. The van der Waals surface area contributed by atoms with Crippen LogP contribution in [0.5, 0.6) is 5.75 Å². The summed E-state index contributed by atoms with van der Waals surface area (Å²) in [6.07, 6.45) is 1.74. The zero-order valence-electron chi connectivity index (χ0n) is 14.2. The Morgan fingerprint density at radius 3 is 2.77 bits per heavy atom. The van der Waals surface area contributed by atoms with Crippen LogP contribution in [0.2, 0.25) is 0 Å². The third kappa shape index (κ3) is 4.18. The molecule has 1 aliphatic heterocycles. The van der Waals surface area contributed by atoms with E-state index in [1.165, 1.54) is 18.2 Å². The molecule has 2 aromatic rings. The van der Waals surface area contributed by atoms with Gasteiger partial charge in [-0.25, -0.2) is 0 Å². The predicted octanol–water partition coefficient (Wildman–Crippen LogP) is 3.12. The molecule has 1 fully saturated rings. The van der Waals surface area contributed by atoms with Crippen molar-refractivity contribution in [3.8, 4) is 5.75 Å². The van der Waals surface area contributed by atoms with E-state index in [2.05, 4.69) is 0 Å². The van der Waals surface area contributed by atoms with Crippen LogP contribution in [0.3, 0.4) is 0 Å². The quantitative estimate of drug-likeness (QED) is 0.634. The van der Waals surface area contributed by atoms with Gasteiger partial charge in [0.25, 0.3) is 11.6 Å². The first-order chi connectivity index (χ1) is 12.5. The largest absolute Gasteiger partial charge is 0.508 e. The van der Waals surface area contributed by atoms with Gasteiger partial charge in [-0.1, -0.05) is 24.3 Å². The molecule has 0 spiro atoms. The summed E-state index contributed by atoms with van der Waals surface area (Å²) in [5.41, 5.74) is 0.729. The first kappa shape index (κ1) is 17.9. The summed E-state index contributed by atoms with van der Waals surface area (Å²) < 4.78 is 5.63. The molecule has 1 unspecified atom stereocenters. The number of nitrogens with zero attached hydrogens (tertiary/aromatic N) is 2. The van der Waals surface area contributed by atoms with E-state index in [1.54, 1.807) is 35.2 Å². The Balaban J connectivity index is 1.86. The van der Waals surface area contributed by atoms with Crippen LogP contribution in [0.1, 0.15) is 28.8 Å². The molecule has 1 heterocycles. The number of benzene rings is 2. The van der Waals surface area contributed by atoms with Gasteiger partial charge >= 0.3 is 0 Å². The fourth-order valence-electron chi connectivity index (χ4n) is 3.04. The van der Waals surface area contributed by atoms with Gasteiger partial charge in [-0.05, 0) is 25.0 Å². The summed E-state index contributed by atoms with van der Waals surface area (Å²) >= 11 is 0. The second kappa shape index (κ2) is 7.97. The van der Waals surface area contributed by atoms with Gasteiger partial charge in [0.05, 0.1) is 11.0 Å². The highest BCUT2D eigenvalue weighted by Crippen LogP contribution is 2.22. The fraction of sp³-hybridized carbons (Fsp3) is 0.316. The molecule has 2 aromatic carbocycles. The zero-order chi connectivity index (χ0) is 18.5. The van der Waals surface area contributed by atoms with Crippen molar-refractivity contribution in [2.45, 2.75) is 25.5 Å². The molecule has 0 bridgehead atoms. The van der Waals surface area contributed by atoms with Crippen LogP contribution in [0.15, 0.2) is 48.5 Å². The Bertz CT molecular complexity index is 802. The van der Waals surface area contributed by atoms with E-state index in [9.17, 15) is 20.0 Å². The van der Waals surface area contributed by atoms with Crippen LogP contribution < -0.4 is 0 Å². The van der Waals surface area contributed by atoms with Crippen molar-refractivity contribution in [1.82, 2.24) is 4.90 Å². The van der Waals surface area contributed by atoms with Crippen molar-refractivity contribution in [3.63, 3.8) is 0 Å². The third-order valence-corrected chi connectivity index (χ3v) is 4.39. The lowest BCUT2D eigenvalue weighted by Crippen LogP contribution is -2.37. The summed E-state index contributed by atoms with van der Waals surface area (Å²) in [6.45, 7) is 1.24. The van der Waals surface area contributed by atoms with Gasteiger partial charge in [-0.15, -0.1) is 0 Å². The molecule has 136 valence electrons. The van der Waals surface area contributed by atoms with Crippen LogP contribution >= 0.6 is 0 Å². The monoisotopic (exact) mass is 356 g/mol. The number of phenolic OH excluding ortho intramolecular Hbond substituents is 1. The average Bonchev–Trinajstić information content (AvgIpc) is 3.15. The van der Waals surface area contributed by atoms with E-state index in [1.807, 2.05) is 0 Å². The lowest BCUT2D eigenvalue weighted by Gasteiger charge is -2.26. The number of carbonyl (C=O) groups excluding carboxylic acids is 1. The Hall–Kier alpha value is -2.93. The maximum atomic E-state index is 13.0. The molecular weight excluding hydrogens is 336 g/mol. The summed E-state index contributed by atoms with van der Waals surface area (Å²) in [7, 11) is 0. The Morgan fingerprint density at radius 2 is 2.08 bits per heavy atom. The second-order valence-corrected chi connectivity index (χ2v) is 6.26. The van der Waals surface area contributed by atoms with Crippen LogP contribution in [-0.2, 0) is 11.3 Å². The molecule has 1 aliphatic rings. The second-order valence-electron chi connectivity index (χ2n) is 6.26. The van der Waals surface area contributed by atoms with Crippen LogP contribution in [0.4, 0.5) is 5.69 Å². The van der Waals surface area contributed by atoms with E-state index in [0.717, 1.165) is 12.8 Å². The van der Waals surface area contributed by atoms with E-state index < -0.39 is 4.92 Å². The van der Waals surface area contributed by atoms with E-state index in [4.69, 9.17) is 4.74 Å². The number of carbonyl (C=O) groups is 1. The number of nitro benzene ring substituents is 1. The van der Waals surface area contributed by atoms with Gasteiger partial charge in [0.2, 0.25) is 0 Å². The van der Waals surface area contributed by atoms with Crippen molar-refractivity contribution >= 4 is 11.6 Å². The molecule has 1 N–H and O–H groups in total. The van der Waals surface area contributed by atoms with E-state index in [0.29, 0.717) is 18.7 Å². The van der Waals surface area contributed by atoms with Crippen molar-refractivity contribution in [2.24, 2.45) is 0 Å². The Morgan fingerprint density at radius 1 is 1.27 bits per heavy atom. The molecular formula is C19H20N2O5. The summed E-state index contributed by atoms with van der Waals surface area (Å²) in [6, 6.07) is 12.5. The van der Waals surface area contributed by atoms with Gasteiger partial charge in [-0.2, -0.15) is 0 Å². The van der Waals surface area contributed by atoms with Gasteiger partial charge in [0.1, 0.15) is 5.75 Å². The number of rotatable bonds is 6. The van der Waals surface area contributed by atoms with Gasteiger partial charge in [0.15, 0.2) is 0 Å². The lowest BCUT2D eigenvalue weighted by atomic mass is 10.1. The first-order valence-electron chi connectivity index (χ1n) is 8.47. The zero-order valence-corrected chi connectivity index (χ0v) is 14.2. The molecule has 0 aliphatic carbocycles. The van der Waals surface area contributed by atoms with E-state index >= 15 is 0 Å². The maximum Gasteiger partial charge on any atom is 0.270 e. The molecule has 26 heavy (non-hydrogen) atoms. The van der Waals surface area contributed by atoms with Crippen molar-refractivity contribution < 1.29 is 19.6 Å². The van der Waals surface area contributed by atoms with Crippen molar-refractivity contribution in [3.05, 3.63) is 69.8 Å². The molecule has 0 aromatic heterocycles.